The summed E-state index contributed by atoms with van der Waals surface area (Å²) in [7, 11) is 1.52. The lowest BCUT2D eigenvalue weighted by molar-refractivity contribution is -0.205. The van der Waals surface area contributed by atoms with Crippen LogP contribution < -0.4 is 0 Å². The third kappa shape index (κ3) is 0.797. The second-order valence-electron chi connectivity index (χ2n) is 3.13. The van der Waals surface area contributed by atoms with Gasteiger partial charge in [-0.25, -0.2) is 4.79 Å². The Balaban J connectivity index is 2.29. The maximum absolute atomic E-state index is 11.2. The number of cyclic esters (lactones) is 1. The fourth-order valence-corrected chi connectivity index (χ4v) is 1.60. The van der Waals surface area contributed by atoms with E-state index in [1.54, 1.807) is 6.92 Å². The normalized spacial score (nSPS) is 44.7. The highest BCUT2D eigenvalue weighted by molar-refractivity contribution is 5.79. The van der Waals surface area contributed by atoms with Crippen molar-refractivity contribution >= 4 is 5.97 Å². The predicted octanol–water partition coefficient (Wildman–Crippen LogP) is 0.356. The first-order valence-electron chi connectivity index (χ1n) is 3.82. The molecular formula is C7H10N2O3. The molecule has 5 nitrogen and oxygen atoms in total. The number of carbonyl (C=O) groups excluding carboxylic acids is 1. The largest absolute Gasteiger partial charge is 0.431 e. The topological polar surface area (TPSA) is 60.2 Å². The molecule has 0 bridgehead atoms. The van der Waals surface area contributed by atoms with Gasteiger partial charge in [0.1, 0.15) is 0 Å². The minimum absolute atomic E-state index is 0.0463. The maximum Gasteiger partial charge on any atom is 0.335 e. The average Bonchev–Trinajstić information content (AvgIpc) is 2.58. The summed E-state index contributed by atoms with van der Waals surface area (Å²) in [6.07, 6.45) is 0. The van der Waals surface area contributed by atoms with Crippen molar-refractivity contribution in [2.45, 2.75) is 18.8 Å². The molecule has 2 aliphatic heterocycles. The van der Waals surface area contributed by atoms with Crippen LogP contribution in [-0.4, -0.2) is 31.5 Å². The maximum atomic E-state index is 11.2. The van der Waals surface area contributed by atoms with Gasteiger partial charge in [-0.3, -0.25) is 0 Å². The van der Waals surface area contributed by atoms with Crippen molar-refractivity contribution in [3.8, 4) is 0 Å². The highest BCUT2D eigenvalue weighted by Crippen LogP contribution is 2.38. The summed E-state index contributed by atoms with van der Waals surface area (Å²) in [6.45, 7) is 2.26. The fraction of sp³-hybridized carbons (Fsp3) is 0.857. The molecule has 0 aromatic carbocycles. The molecule has 0 amide bonds. The van der Waals surface area contributed by atoms with E-state index in [9.17, 15) is 4.79 Å². The Hall–Kier alpha value is -0.970. The zero-order valence-electron chi connectivity index (χ0n) is 6.98. The third-order valence-corrected chi connectivity index (χ3v) is 2.49. The van der Waals surface area contributed by atoms with E-state index >= 15 is 0 Å². The second-order valence-corrected chi connectivity index (χ2v) is 3.13. The van der Waals surface area contributed by atoms with E-state index in [2.05, 4.69) is 10.2 Å². The van der Waals surface area contributed by atoms with Crippen LogP contribution in [0.3, 0.4) is 0 Å². The first-order chi connectivity index (χ1) is 5.67. The standard InChI is InChI=1S/C7H10N2O3/c1-7(11-2)4-3-8-9-5(4)6(10)12-7/h4-5H,3H2,1-2H3/t4-,5+,7+/m1/s1. The highest BCUT2D eigenvalue weighted by Gasteiger charge is 2.55. The van der Waals surface area contributed by atoms with Crippen LogP contribution in [0, 0.1) is 5.92 Å². The van der Waals surface area contributed by atoms with Crippen molar-refractivity contribution < 1.29 is 14.3 Å². The molecule has 1 saturated heterocycles. The third-order valence-electron chi connectivity index (χ3n) is 2.49. The summed E-state index contributed by atoms with van der Waals surface area (Å²) < 4.78 is 10.2. The molecule has 0 saturated carbocycles. The molecule has 0 aliphatic carbocycles. The Kier molecular flexibility index (Phi) is 1.44. The molecular weight excluding hydrogens is 160 g/mol. The van der Waals surface area contributed by atoms with E-state index < -0.39 is 11.8 Å². The minimum atomic E-state index is -0.828. The van der Waals surface area contributed by atoms with Gasteiger partial charge in [0.05, 0.1) is 12.5 Å². The van der Waals surface area contributed by atoms with Gasteiger partial charge >= 0.3 is 5.97 Å². The van der Waals surface area contributed by atoms with Crippen molar-refractivity contribution in [3.05, 3.63) is 0 Å². The summed E-state index contributed by atoms with van der Waals surface area (Å²) >= 11 is 0. The SMILES string of the molecule is CO[C@@]1(C)OC(=O)[C@H]2N=NC[C@H]21. The van der Waals surface area contributed by atoms with Crippen LogP contribution >= 0.6 is 0 Å². The van der Waals surface area contributed by atoms with Crippen LogP contribution in [-0.2, 0) is 14.3 Å². The first kappa shape index (κ1) is 7.67. The number of azo groups is 1. The van der Waals surface area contributed by atoms with E-state index in [1.165, 1.54) is 7.11 Å². The zero-order chi connectivity index (χ0) is 8.77. The van der Waals surface area contributed by atoms with Gasteiger partial charge in [0.2, 0.25) is 5.79 Å². The molecule has 0 spiro atoms. The highest BCUT2D eigenvalue weighted by atomic mass is 16.7. The molecule has 66 valence electrons. The van der Waals surface area contributed by atoms with Crippen LogP contribution in [0.5, 0.6) is 0 Å². The Morgan fingerprint density at radius 2 is 2.50 bits per heavy atom. The van der Waals surface area contributed by atoms with Gasteiger partial charge in [0.25, 0.3) is 0 Å². The summed E-state index contributed by atoms with van der Waals surface area (Å²) in [6, 6.07) is -0.435. The number of esters is 1. The van der Waals surface area contributed by atoms with Gasteiger partial charge in [0.15, 0.2) is 6.04 Å². The zero-order valence-corrected chi connectivity index (χ0v) is 6.98. The van der Waals surface area contributed by atoms with Crippen molar-refractivity contribution in [1.29, 1.82) is 0 Å². The molecule has 3 atom stereocenters. The monoisotopic (exact) mass is 170 g/mol. The molecule has 0 radical (unpaired) electrons. The fourth-order valence-electron chi connectivity index (χ4n) is 1.60. The Morgan fingerprint density at radius 3 is 3.17 bits per heavy atom. The first-order valence-corrected chi connectivity index (χ1v) is 3.82. The van der Waals surface area contributed by atoms with Crippen molar-refractivity contribution in [1.82, 2.24) is 0 Å². The van der Waals surface area contributed by atoms with Gasteiger partial charge in [0, 0.05) is 14.0 Å². The van der Waals surface area contributed by atoms with Crippen molar-refractivity contribution in [3.63, 3.8) is 0 Å². The number of hydrogen-bond acceptors (Lipinski definition) is 5. The van der Waals surface area contributed by atoms with E-state index in [4.69, 9.17) is 9.47 Å². The lowest BCUT2D eigenvalue weighted by Gasteiger charge is -2.24. The molecule has 1 fully saturated rings. The smallest absolute Gasteiger partial charge is 0.335 e. The number of carbonyl (C=O) groups is 1. The van der Waals surface area contributed by atoms with E-state index in [0.29, 0.717) is 6.54 Å². The van der Waals surface area contributed by atoms with Gasteiger partial charge in [-0.1, -0.05) is 0 Å². The van der Waals surface area contributed by atoms with Crippen LogP contribution in [0.1, 0.15) is 6.92 Å². The molecule has 0 aromatic rings. The summed E-state index contributed by atoms with van der Waals surface area (Å²) in [5, 5.41) is 7.60. The average molecular weight is 170 g/mol. The number of ether oxygens (including phenoxy) is 2. The lowest BCUT2D eigenvalue weighted by atomic mass is 9.96. The van der Waals surface area contributed by atoms with Crippen LogP contribution in [0.25, 0.3) is 0 Å². The molecule has 2 rings (SSSR count). The molecule has 12 heavy (non-hydrogen) atoms. The Labute approximate surface area is 69.8 Å². The van der Waals surface area contributed by atoms with Crippen molar-refractivity contribution in [2.75, 3.05) is 13.7 Å². The second kappa shape index (κ2) is 2.26. The van der Waals surface area contributed by atoms with Gasteiger partial charge in [-0.15, -0.1) is 0 Å². The van der Waals surface area contributed by atoms with E-state index in [1.807, 2.05) is 0 Å². The summed E-state index contributed by atoms with van der Waals surface area (Å²) in [4.78, 5) is 11.2. The number of hydrogen-bond donors (Lipinski definition) is 0. The number of fused-ring (bicyclic) bond motifs is 1. The Morgan fingerprint density at radius 1 is 1.75 bits per heavy atom. The summed E-state index contributed by atoms with van der Waals surface area (Å²) in [5.74, 6) is -1.20. The predicted molar refractivity (Wildman–Crippen MR) is 38.5 cm³/mol. The van der Waals surface area contributed by atoms with Crippen LogP contribution in [0.4, 0.5) is 0 Å². The quantitative estimate of drug-likeness (QED) is 0.534. The molecule has 2 heterocycles. The Bertz CT molecular complexity index is 253. The van der Waals surface area contributed by atoms with E-state index in [-0.39, 0.29) is 11.9 Å². The van der Waals surface area contributed by atoms with E-state index in [0.717, 1.165) is 0 Å². The van der Waals surface area contributed by atoms with Crippen molar-refractivity contribution in [2.24, 2.45) is 16.1 Å². The molecule has 5 heteroatoms. The summed E-state index contributed by atoms with van der Waals surface area (Å²) in [5.41, 5.74) is 0. The van der Waals surface area contributed by atoms with Crippen LogP contribution in [0.2, 0.25) is 0 Å². The lowest BCUT2D eigenvalue weighted by Crippen LogP contribution is -2.36. The van der Waals surface area contributed by atoms with Gasteiger partial charge in [-0.2, -0.15) is 10.2 Å². The molecule has 0 N–H and O–H groups in total. The molecule has 2 aliphatic rings. The van der Waals surface area contributed by atoms with Gasteiger partial charge < -0.3 is 9.47 Å². The number of methoxy groups -OCH3 is 1. The molecule has 0 unspecified atom stereocenters. The number of rotatable bonds is 1. The minimum Gasteiger partial charge on any atom is -0.431 e. The van der Waals surface area contributed by atoms with Gasteiger partial charge in [-0.05, 0) is 0 Å². The molecule has 0 aromatic heterocycles. The number of nitrogens with zero attached hydrogens (tertiary/aromatic N) is 2. The van der Waals surface area contributed by atoms with Crippen LogP contribution in [0.15, 0.2) is 10.2 Å².